The maximum atomic E-state index is 12.1. The molecule has 0 aliphatic rings. The summed E-state index contributed by atoms with van der Waals surface area (Å²) < 4.78 is 29.2. The fraction of sp³-hybridized carbons (Fsp3) is 0. The Balaban J connectivity index is 2.42. The number of rotatable bonds is 3. The average Bonchev–Trinajstić information content (AvgIpc) is 2.47. The Labute approximate surface area is 126 Å². The number of nitrogens with zero attached hydrogens (tertiary/aromatic N) is 2. The van der Waals surface area contributed by atoms with E-state index in [9.17, 15) is 8.42 Å². The molecule has 0 aliphatic carbocycles. The molecule has 7 heteroatoms. The zero-order chi connectivity index (χ0) is 15.5. The maximum Gasteiger partial charge on any atom is 0.339 e. The SMILES string of the molecule is N#Cc1ccc(S(=O)(=O)Oc2ccccc2C#N)cc1Cl. The molecule has 21 heavy (non-hydrogen) atoms. The third-order valence-electron chi connectivity index (χ3n) is 2.56. The summed E-state index contributed by atoms with van der Waals surface area (Å²) in [4.78, 5) is -0.195. The van der Waals surface area contributed by atoms with E-state index in [1.807, 2.05) is 12.1 Å². The lowest BCUT2D eigenvalue weighted by Gasteiger charge is -2.08. The Kier molecular flexibility index (Phi) is 4.13. The average molecular weight is 319 g/mol. The molecule has 104 valence electrons. The van der Waals surface area contributed by atoms with Crippen LogP contribution in [0.5, 0.6) is 5.75 Å². The first-order chi connectivity index (χ1) is 9.97. The van der Waals surface area contributed by atoms with Crippen LogP contribution in [0.1, 0.15) is 11.1 Å². The highest BCUT2D eigenvalue weighted by molar-refractivity contribution is 7.87. The summed E-state index contributed by atoms with van der Waals surface area (Å²) in [7, 11) is -4.14. The second kappa shape index (κ2) is 5.84. The molecule has 0 heterocycles. The third-order valence-corrected chi connectivity index (χ3v) is 4.10. The van der Waals surface area contributed by atoms with Crippen molar-refractivity contribution in [2.45, 2.75) is 4.90 Å². The van der Waals surface area contributed by atoms with Gasteiger partial charge in [-0.15, -0.1) is 0 Å². The van der Waals surface area contributed by atoms with Crippen molar-refractivity contribution in [3.63, 3.8) is 0 Å². The third kappa shape index (κ3) is 3.14. The van der Waals surface area contributed by atoms with Gasteiger partial charge < -0.3 is 4.18 Å². The standard InChI is InChI=1S/C14H7ClN2O3S/c15-13-7-12(6-5-10(13)8-16)21(18,19)20-14-4-2-1-3-11(14)9-17/h1-7H. The Bertz CT molecular complexity index is 880. The van der Waals surface area contributed by atoms with E-state index in [1.165, 1.54) is 24.3 Å². The van der Waals surface area contributed by atoms with Crippen LogP contribution in [0.3, 0.4) is 0 Å². The molecule has 5 nitrogen and oxygen atoms in total. The van der Waals surface area contributed by atoms with Crippen LogP contribution >= 0.6 is 11.6 Å². The summed E-state index contributed by atoms with van der Waals surface area (Å²) in [6.07, 6.45) is 0. The van der Waals surface area contributed by atoms with Gasteiger partial charge in [0.25, 0.3) is 0 Å². The second-order valence-corrected chi connectivity index (χ2v) is 5.85. The molecule has 0 aliphatic heterocycles. The predicted molar refractivity (Wildman–Crippen MR) is 75.1 cm³/mol. The molecule has 0 radical (unpaired) electrons. The van der Waals surface area contributed by atoms with Gasteiger partial charge in [-0.1, -0.05) is 23.7 Å². The predicted octanol–water partition coefficient (Wildman–Crippen LogP) is 2.85. The van der Waals surface area contributed by atoms with Gasteiger partial charge in [0.1, 0.15) is 17.0 Å². The van der Waals surface area contributed by atoms with Crippen LogP contribution < -0.4 is 4.18 Å². The molecule has 0 saturated heterocycles. The lowest BCUT2D eigenvalue weighted by Crippen LogP contribution is -2.10. The van der Waals surface area contributed by atoms with Gasteiger partial charge in [0.05, 0.1) is 16.1 Å². The Morgan fingerprint density at radius 1 is 1.00 bits per heavy atom. The Hall–Kier alpha value is -2.54. The van der Waals surface area contributed by atoms with E-state index in [2.05, 4.69) is 0 Å². The minimum Gasteiger partial charge on any atom is -0.378 e. The minimum absolute atomic E-state index is 0.00995. The van der Waals surface area contributed by atoms with Crippen LogP contribution in [0.4, 0.5) is 0 Å². The van der Waals surface area contributed by atoms with Gasteiger partial charge in [0.15, 0.2) is 5.75 Å². The van der Waals surface area contributed by atoms with E-state index in [4.69, 9.17) is 26.3 Å². The molecule has 0 fully saturated rings. The normalized spacial score (nSPS) is 10.4. The number of halogens is 1. The van der Waals surface area contributed by atoms with Crippen molar-refractivity contribution in [1.82, 2.24) is 0 Å². The molecular formula is C14H7ClN2O3S. The van der Waals surface area contributed by atoms with Crippen molar-refractivity contribution in [2.75, 3.05) is 0 Å². The fourth-order valence-corrected chi connectivity index (χ4v) is 2.80. The van der Waals surface area contributed by atoms with Gasteiger partial charge in [0.2, 0.25) is 0 Å². The van der Waals surface area contributed by atoms with Crippen LogP contribution in [-0.2, 0) is 10.1 Å². The van der Waals surface area contributed by atoms with Crippen LogP contribution in [0, 0.1) is 22.7 Å². The highest BCUT2D eigenvalue weighted by Gasteiger charge is 2.19. The molecule has 0 unspecified atom stereocenters. The number of hydrogen-bond acceptors (Lipinski definition) is 5. The van der Waals surface area contributed by atoms with Crippen molar-refractivity contribution in [3.8, 4) is 17.9 Å². The Morgan fingerprint density at radius 3 is 2.29 bits per heavy atom. The van der Waals surface area contributed by atoms with Crippen molar-refractivity contribution < 1.29 is 12.6 Å². The second-order valence-electron chi connectivity index (χ2n) is 3.90. The molecule has 0 spiro atoms. The highest BCUT2D eigenvalue weighted by atomic mass is 35.5. The van der Waals surface area contributed by atoms with Gasteiger partial charge in [-0.3, -0.25) is 0 Å². The zero-order valence-corrected chi connectivity index (χ0v) is 12.0. The fourth-order valence-electron chi connectivity index (χ4n) is 1.54. The van der Waals surface area contributed by atoms with Crippen molar-refractivity contribution in [3.05, 3.63) is 58.6 Å². The lowest BCUT2D eigenvalue weighted by molar-refractivity contribution is 0.485. The van der Waals surface area contributed by atoms with E-state index >= 15 is 0 Å². The maximum absolute atomic E-state index is 12.1. The molecule has 0 N–H and O–H groups in total. The smallest absolute Gasteiger partial charge is 0.339 e. The van der Waals surface area contributed by atoms with Crippen molar-refractivity contribution >= 4 is 21.7 Å². The van der Waals surface area contributed by atoms with E-state index in [0.29, 0.717) is 0 Å². The number of benzene rings is 2. The summed E-state index contributed by atoms with van der Waals surface area (Å²) in [5.74, 6) is -0.0690. The summed E-state index contributed by atoms with van der Waals surface area (Å²) in [5.41, 5.74) is 0.258. The molecule has 0 aromatic heterocycles. The van der Waals surface area contributed by atoms with E-state index in [0.717, 1.165) is 6.07 Å². The number of nitriles is 2. The summed E-state index contributed by atoms with van der Waals surface area (Å²) in [5, 5.41) is 17.7. The van der Waals surface area contributed by atoms with Crippen LogP contribution in [-0.4, -0.2) is 8.42 Å². The summed E-state index contributed by atoms with van der Waals surface area (Å²) in [6, 6.07) is 13.3. The Morgan fingerprint density at radius 2 is 1.67 bits per heavy atom. The van der Waals surface area contributed by atoms with Gasteiger partial charge in [0, 0.05) is 0 Å². The first-order valence-electron chi connectivity index (χ1n) is 5.61. The molecular weight excluding hydrogens is 312 g/mol. The topological polar surface area (TPSA) is 90.9 Å². The van der Waals surface area contributed by atoms with Crippen molar-refractivity contribution in [2.24, 2.45) is 0 Å². The van der Waals surface area contributed by atoms with E-state index in [-0.39, 0.29) is 26.8 Å². The van der Waals surface area contributed by atoms with Gasteiger partial charge in [-0.25, -0.2) is 0 Å². The molecule has 2 rings (SSSR count). The monoisotopic (exact) mass is 318 g/mol. The molecule has 2 aromatic carbocycles. The van der Waals surface area contributed by atoms with Gasteiger partial charge in [-0.05, 0) is 30.3 Å². The minimum atomic E-state index is -4.14. The molecule has 0 atom stereocenters. The number of hydrogen-bond donors (Lipinski definition) is 0. The van der Waals surface area contributed by atoms with Crippen LogP contribution in [0.25, 0.3) is 0 Å². The van der Waals surface area contributed by atoms with Crippen molar-refractivity contribution in [1.29, 1.82) is 10.5 Å². The quantitative estimate of drug-likeness (QED) is 0.811. The molecule has 2 aromatic rings. The molecule has 0 amide bonds. The van der Waals surface area contributed by atoms with Gasteiger partial charge in [-0.2, -0.15) is 18.9 Å². The van der Waals surface area contributed by atoms with Gasteiger partial charge >= 0.3 is 10.1 Å². The molecule has 0 saturated carbocycles. The van der Waals surface area contributed by atoms with Crippen LogP contribution in [0.2, 0.25) is 5.02 Å². The number of para-hydroxylation sites is 1. The van der Waals surface area contributed by atoms with Crippen LogP contribution in [0.15, 0.2) is 47.4 Å². The van der Waals surface area contributed by atoms with E-state index < -0.39 is 10.1 Å². The lowest BCUT2D eigenvalue weighted by atomic mass is 10.2. The first kappa shape index (κ1) is 14.9. The highest BCUT2D eigenvalue weighted by Crippen LogP contribution is 2.25. The largest absolute Gasteiger partial charge is 0.378 e. The summed E-state index contributed by atoms with van der Waals surface area (Å²) in [6.45, 7) is 0. The molecule has 0 bridgehead atoms. The zero-order valence-electron chi connectivity index (χ0n) is 10.4. The summed E-state index contributed by atoms with van der Waals surface area (Å²) >= 11 is 5.80. The van der Waals surface area contributed by atoms with E-state index in [1.54, 1.807) is 12.1 Å². The first-order valence-corrected chi connectivity index (χ1v) is 7.40.